The van der Waals surface area contributed by atoms with Crippen molar-refractivity contribution in [3.05, 3.63) is 0 Å². The van der Waals surface area contributed by atoms with Crippen molar-refractivity contribution in [3.8, 4) is 0 Å². The van der Waals surface area contributed by atoms with Gasteiger partial charge in [0.15, 0.2) is 6.10 Å². The standard InChI is InChI=1S/C9H15NO4/c1-3-6-7(5-11)10-14-8(6)9(12)13-4-2/h5-8,10H,3-4H2,1-2H3. The Hall–Kier alpha value is -0.940. The van der Waals surface area contributed by atoms with Crippen LogP contribution in [0.15, 0.2) is 0 Å². The number of aldehydes is 1. The second kappa shape index (κ2) is 5.07. The van der Waals surface area contributed by atoms with Gasteiger partial charge in [-0.05, 0) is 13.3 Å². The van der Waals surface area contributed by atoms with Gasteiger partial charge in [-0.3, -0.25) is 4.84 Å². The zero-order valence-electron chi connectivity index (χ0n) is 8.36. The minimum absolute atomic E-state index is 0.133. The third kappa shape index (κ3) is 2.10. The molecule has 0 aliphatic carbocycles. The molecule has 1 rings (SSSR count). The molecule has 0 radical (unpaired) electrons. The Labute approximate surface area is 82.7 Å². The zero-order valence-corrected chi connectivity index (χ0v) is 8.36. The smallest absolute Gasteiger partial charge is 0.337 e. The van der Waals surface area contributed by atoms with Crippen LogP contribution in [-0.2, 0) is 19.2 Å². The van der Waals surface area contributed by atoms with E-state index in [2.05, 4.69) is 5.48 Å². The molecule has 1 aliphatic heterocycles. The van der Waals surface area contributed by atoms with E-state index in [1.54, 1.807) is 6.92 Å². The Kier molecular flexibility index (Phi) is 4.03. The second-order valence-electron chi connectivity index (χ2n) is 3.14. The van der Waals surface area contributed by atoms with Crippen LogP contribution in [0.2, 0.25) is 0 Å². The minimum atomic E-state index is -0.657. The Morgan fingerprint density at radius 2 is 2.29 bits per heavy atom. The highest BCUT2D eigenvalue weighted by atomic mass is 16.7. The first-order valence-corrected chi connectivity index (χ1v) is 4.77. The highest BCUT2D eigenvalue weighted by Gasteiger charge is 2.41. The number of hydroxylamine groups is 1. The van der Waals surface area contributed by atoms with Crippen molar-refractivity contribution < 1.29 is 19.2 Å². The van der Waals surface area contributed by atoms with Crippen LogP contribution in [0, 0.1) is 5.92 Å². The number of carbonyl (C=O) groups is 2. The van der Waals surface area contributed by atoms with Crippen LogP contribution in [0.1, 0.15) is 20.3 Å². The fourth-order valence-electron chi connectivity index (χ4n) is 1.56. The fraction of sp³-hybridized carbons (Fsp3) is 0.778. The average molecular weight is 201 g/mol. The van der Waals surface area contributed by atoms with Gasteiger partial charge in [-0.25, -0.2) is 4.79 Å². The maximum Gasteiger partial charge on any atom is 0.337 e. The van der Waals surface area contributed by atoms with E-state index in [4.69, 9.17) is 9.57 Å². The molecule has 14 heavy (non-hydrogen) atoms. The molecule has 0 aromatic heterocycles. The Morgan fingerprint density at radius 1 is 1.57 bits per heavy atom. The Morgan fingerprint density at radius 3 is 2.79 bits per heavy atom. The molecule has 5 nitrogen and oxygen atoms in total. The summed E-state index contributed by atoms with van der Waals surface area (Å²) < 4.78 is 4.83. The largest absolute Gasteiger partial charge is 0.464 e. The van der Waals surface area contributed by atoms with Gasteiger partial charge in [0.25, 0.3) is 0 Å². The van der Waals surface area contributed by atoms with E-state index in [1.807, 2.05) is 6.92 Å². The topological polar surface area (TPSA) is 64.6 Å². The molecule has 0 amide bonds. The van der Waals surface area contributed by atoms with E-state index in [9.17, 15) is 9.59 Å². The van der Waals surface area contributed by atoms with Crippen LogP contribution in [0.5, 0.6) is 0 Å². The SMILES string of the molecule is CCOC(=O)C1ONC(C=O)C1CC. The molecule has 1 aliphatic rings. The predicted molar refractivity (Wildman–Crippen MR) is 48.3 cm³/mol. The summed E-state index contributed by atoms with van der Waals surface area (Å²) in [6.45, 7) is 3.96. The highest BCUT2D eigenvalue weighted by Crippen LogP contribution is 2.22. The normalized spacial score (nSPS) is 31.4. The summed E-state index contributed by atoms with van der Waals surface area (Å²) in [5.41, 5.74) is 2.53. The minimum Gasteiger partial charge on any atom is -0.464 e. The lowest BCUT2D eigenvalue weighted by atomic mass is 9.93. The molecule has 3 unspecified atom stereocenters. The average Bonchev–Trinajstić information content (AvgIpc) is 2.60. The van der Waals surface area contributed by atoms with E-state index in [-0.39, 0.29) is 5.92 Å². The molecule has 0 saturated carbocycles. The molecule has 80 valence electrons. The first-order valence-electron chi connectivity index (χ1n) is 4.77. The van der Waals surface area contributed by atoms with E-state index in [1.165, 1.54) is 0 Å². The molecule has 0 bridgehead atoms. The molecule has 3 atom stereocenters. The molecular formula is C9H15NO4. The van der Waals surface area contributed by atoms with Crippen LogP contribution in [-0.4, -0.2) is 31.0 Å². The van der Waals surface area contributed by atoms with Gasteiger partial charge in [-0.15, -0.1) is 0 Å². The van der Waals surface area contributed by atoms with Crippen LogP contribution < -0.4 is 5.48 Å². The summed E-state index contributed by atoms with van der Waals surface area (Å²) in [5, 5.41) is 0. The molecule has 1 heterocycles. The number of ether oxygens (including phenoxy) is 1. The van der Waals surface area contributed by atoms with Gasteiger partial charge < -0.3 is 9.53 Å². The van der Waals surface area contributed by atoms with Gasteiger partial charge in [0.05, 0.1) is 12.6 Å². The molecule has 1 N–H and O–H groups in total. The third-order valence-corrected chi connectivity index (χ3v) is 2.32. The first-order chi connectivity index (χ1) is 6.74. The lowest BCUT2D eigenvalue weighted by molar-refractivity contribution is -0.158. The first kappa shape index (κ1) is 11.1. The van der Waals surface area contributed by atoms with Gasteiger partial charge in [-0.2, -0.15) is 5.48 Å². The van der Waals surface area contributed by atoms with Crippen LogP contribution in [0.4, 0.5) is 0 Å². The molecule has 0 spiro atoms. The lowest BCUT2D eigenvalue weighted by Gasteiger charge is -2.14. The summed E-state index contributed by atoms with van der Waals surface area (Å²) in [5.74, 6) is -0.539. The zero-order chi connectivity index (χ0) is 10.6. The predicted octanol–water partition coefficient (Wildman–Crippen LogP) is 0.0466. The van der Waals surface area contributed by atoms with Crippen LogP contribution >= 0.6 is 0 Å². The Bertz CT molecular complexity index is 219. The van der Waals surface area contributed by atoms with Crippen molar-refractivity contribution in [1.29, 1.82) is 0 Å². The number of carbonyl (C=O) groups excluding carboxylic acids is 2. The molecular weight excluding hydrogens is 186 g/mol. The fourth-order valence-corrected chi connectivity index (χ4v) is 1.56. The van der Waals surface area contributed by atoms with Gasteiger partial charge in [-0.1, -0.05) is 6.92 Å². The maximum atomic E-state index is 11.4. The summed E-state index contributed by atoms with van der Waals surface area (Å²) in [6.07, 6.45) is 0.794. The molecule has 0 aromatic carbocycles. The quantitative estimate of drug-likeness (QED) is 0.514. The number of esters is 1. The molecule has 0 aromatic rings. The molecule has 1 fully saturated rings. The number of nitrogens with one attached hydrogen (secondary N) is 1. The maximum absolute atomic E-state index is 11.4. The van der Waals surface area contributed by atoms with E-state index in [0.29, 0.717) is 13.0 Å². The van der Waals surface area contributed by atoms with Crippen molar-refractivity contribution in [1.82, 2.24) is 5.48 Å². The third-order valence-electron chi connectivity index (χ3n) is 2.32. The summed E-state index contributed by atoms with van der Waals surface area (Å²) >= 11 is 0. The second-order valence-corrected chi connectivity index (χ2v) is 3.14. The van der Waals surface area contributed by atoms with Crippen molar-refractivity contribution in [3.63, 3.8) is 0 Å². The van der Waals surface area contributed by atoms with Gasteiger partial charge in [0, 0.05) is 5.92 Å². The van der Waals surface area contributed by atoms with Crippen molar-refractivity contribution in [2.45, 2.75) is 32.4 Å². The van der Waals surface area contributed by atoms with Crippen molar-refractivity contribution in [2.24, 2.45) is 5.92 Å². The van der Waals surface area contributed by atoms with E-state index < -0.39 is 18.1 Å². The number of hydrogen-bond acceptors (Lipinski definition) is 5. The van der Waals surface area contributed by atoms with Crippen molar-refractivity contribution in [2.75, 3.05) is 6.61 Å². The van der Waals surface area contributed by atoms with Crippen LogP contribution in [0.3, 0.4) is 0 Å². The number of rotatable bonds is 4. The Balaban J connectivity index is 2.61. The summed E-state index contributed by atoms with van der Waals surface area (Å²) in [4.78, 5) is 27.0. The van der Waals surface area contributed by atoms with Gasteiger partial charge in [0.1, 0.15) is 6.29 Å². The molecule has 5 heteroatoms. The van der Waals surface area contributed by atoms with E-state index >= 15 is 0 Å². The summed E-state index contributed by atoms with van der Waals surface area (Å²) in [7, 11) is 0. The van der Waals surface area contributed by atoms with Crippen molar-refractivity contribution >= 4 is 12.3 Å². The monoisotopic (exact) mass is 201 g/mol. The van der Waals surface area contributed by atoms with Gasteiger partial charge >= 0.3 is 5.97 Å². The van der Waals surface area contributed by atoms with Crippen LogP contribution in [0.25, 0.3) is 0 Å². The molecule has 1 saturated heterocycles. The highest BCUT2D eigenvalue weighted by molar-refractivity contribution is 5.77. The summed E-state index contributed by atoms with van der Waals surface area (Å²) in [6, 6.07) is -0.408. The lowest BCUT2D eigenvalue weighted by Crippen LogP contribution is -2.33. The van der Waals surface area contributed by atoms with Gasteiger partial charge in [0.2, 0.25) is 0 Å². The number of hydrogen-bond donors (Lipinski definition) is 1. The van der Waals surface area contributed by atoms with E-state index in [0.717, 1.165) is 6.29 Å².